The molecule has 2 aliphatic heterocycles. The summed E-state index contributed by atoms with van der Waals surface area (Å²) in [6.07, 6.45) is 0.897. The minimum absolute atomic E-state index is 0.136. The number of anilines is 1. The van der Waals surface area contributed by atoms with Gasteiger partial charge >= 0.3 is 0 Å². The van der Waals surface area contributed by atoms with E-state index in [4.69, 9.17) is 4.99 Å². The summed E-state index contributed by atoms with van der Waals surface area (Å²) in [6.45, 7) is 1.13. The predicted molar refractivity (Wildman–Crippen MR) is 130 cm³/mol. The maximum atomic E-state index is 13.2. The fourth-order valence-electron chi connectivity index (χ4n) is 3.95. The number of hydrogen-bond donors (Lipinski definition) is 0. The molecule has 0 spiro atoms. The second-order valence-electron chi connectivity index (χ2n) is 7.78. The van der Waals surface area contributed by atoms with Gasteiger partial charge < -0.3 is 0 Å². The van der Waals surface area contributed by atoms with Crippen molar-refractivity contribution in [2.75, 3.05) is 17.2 Å². The van der Waals surface area contributed by atoms with Crippen LogP contribution in [0.2, 0.25) is 0 Å². The number of hydrogen-bond acceptors (Lipinski definition) is 5. The van der Waals surface area contributed by atoms with Gasteiger partial charge in [-0.05, 0) is 48.4 Å². The van der Waals surface area contributed by atoms with Gasteiger partial charge in [0.1, 0.15) is 0 Å². The average Bonchev–Trinajstić information content (AvgIpc) is 3.13. The van der Waals surface area contributed by atoms with Crippen molar-refractivity contribution in [1.29, 1.82) is 0 Å². The normalized spacial score (nSPS) is 16.9. The molecule has 7 heteroatoms. The molecule has 0 saturated carbocycles. The van der Waals surface area contributed by atoms with Gasteiger partial charge in [0.15, 0.2) is 5.17 Å². The molecule has 0 radical (unpaired) electrons. The Bertz CT molecular complexity index is 1220. The van der Waals surface area contributed by atoms with E-state index in [0.29, 0.717) is 35.5 Å². The van der Waals surface area contributed by atoms with Gasteiger partial charge in [-0.2, -0.15) is 0 Å². The summed E-state index contributed by atoms with van der Waals surface area (Å²) in [5.74, 6) is 0.0913. The maximum absolute atomic E-state index is 13.2. The fourth-order valence-corrected chi connectivity index (χ4v) is 4.90. The number of fused-ring (bicyclic) bond motifs is 1. The topological polar surface area (TPSA) is 70.1 Å². The van der Waals surface area contributed by atoms with E-state index in [0.717, 1.165) is 27.8 Å². The summed E-state index contributed by atoms with van der Waals surface area (Å²) in [7, 11) is 0. The van der Waals surface area contributed by atoms with Crippen molar-refractivity contribution in [3.05, 3.63) is 101 Å². The standard InChI is InChI=1S/C26H21N3O3S/c30-23(28-15-6-16-33-26(28)27-17-18-7-2-1-3-8-18)19-11-13-20(14-12-19)29-24(31)21-9-4-5-10-22(21)25(29)32/h1-5,7-14H,6,15-17H2. The average molecular weight is 456 g/mol. The summed E-state index contributed by atoms with van der Waals surface area (Å²) in [5, 5.41) is 0.722. The first-order valence-corrected chi connectivity index (χ1v) is 11.7. The number of carbonyl (C=O) groups is 3. The largest absolute Gasteiger partial charge is 0.287 e. The Balaban J connectivity index is 1.35. The second-order valence-corrected chi connectivity index (χ2v) is 8.84. The van der Waals surface area contributed by atoms with Gasteiger partial charge in [-0.15, -0.1) is 0 Å². The highest BCUT2D eigenvalue weighted by Gasteiger charge is 2.36. The van der Waals surface area contributed by atoms with Crippen LogP contribution in [0, 0.1) is 0 Å². The maximum Gasteiger partial charge on any atom is 0.266 e. The molecule has 0 unspecified atom stereocenters. The molecule has 33 heavy (non-hydrogen) atoms. The van der Waals surface area contributed by atoms with Gasteiger partial charge in [0, 0.05) is 17.9 Å². The molecular weight excluding hydrogens is 434 g/mol. The zero-order valence-corrected chi connectivity index (χ0v) is 18.6. The molecule has 0 atom stereocenters. The van der Waals surface area contributed by atoms with E-state index in [-0.39, 0.29) is 17.7 Å². The Morgan fingerprint density at radius 1 is 0.848 bits per heavy atom. The van der Waals surface area contributed by atoms with Crippen molar-refractivity contribution in [2.45, 2.75) is 13.0 Å². The molecule has 0 bridgehead atoms. The van der Waals surface area contributed by atoms with Crippen LogP contribution in [0.15, 0.2) is 83.9 Å². The van der Waals surface area contributed by atoms with E-state index in [9.17, 15) is 14.4 Å². The summed E-state index contributed by atoms with van der Waals surface area (Å²) in [6, 6.07) is 23.3. The first-order chi connectivity index (χ1) is 16.1. The second kappa shape index (κ2) is 9.03. The molecule has 3 aromatic carbocycles. The fraction of sp³-hybridized carbons (Fsp3) is 0.154. The van der Waals surface area contributed by atoms with E-state index in [1.165, 1.54) is 0 Å². The van der Waals surface area contributed by atoms with Crippen molar-refractivity contribution >= 4 is 40.3 Å². The number of nitrogens with zero attached hydrogens (tertiary/aromatic N) is 3. The Kier molecular flexibility index (Phi) is 5.79. The lowest BCUT2D eigenvalue weighted by molar-refractivity contribution is 0.0847. The van der Waals surface area contributed by atoms with Crippen molar-refractivity contribution in [1.82, 2.24) is 4.90 Å². The molecule has 0 N–H and O–H groups in total. The third-order valence-corrected chi connectivity index (χ3v) is 6.74. The van der Waals surface area contributed by atoms with Crippen molar-refractivity contribution in [2.24, 2.45) is 4.99 Å². The van der Waals surface area contributed by atoms with E-state index >= 15 is 0 Å². The molecule has 1 saturated heterocycles. The van der Waals surface area contributed by atoms with Crippen LogP contribution in [-0.4, -0.2) is 40.1 Å². The minimum atomic E-state index is -0.350. The van der Waals surface area contributed by atoms with Gasteiger partial charge in [0.2, 0.25) is 0 Å². The van der Waals surface area contributed by atoms with Gasteiger partial charge in [-0.1, -0.05) is 54.2 Å². The zero-order valence-electron chi connectivity index (χ0n) is 17.8. The van der Waals surface area contributed by atoms with Crippen LogP contribution >= 0.6 is 11.8 Å². The number of rotatable bonds is 4. The summed E-state index contributed by atoms with van der Waals surface area (Å²) in [5.41, 5.74) is 2.82. The Morgan fingerprint density at radius 3 is 2.15 bits per heavy atom. The number of aliphatic imine (C=N–C) groups is 1. The third kappa shape index (κ3) is 4.07. The smallest absolute Gasteiger partial charge is 0.266 e. The Hall–Kier alpha value is -3.71. The molecule has 6 nitrogen and oxygen atoms in total. The molecule has 2 aliphatic rings. The van der Waals surface area contributed by atoms with Gasteiger partial charge in [-0.3, -0.25) is 24.3 Å². The van der Waals surface area contributed by atoms with Crippen LogP contribution in [0.4, 0.5) is 5.69 Å². The van der Waals surface area contributed by atoms with E-state index in [2.05, 4.69) is 0 Å². The number of imide groups is 1. The highest BCUT2D eigenvalue weighted by atomic mass is 32.2. The lowest BCUT2D eigenvalue weighted by Crippen LogP contribution is -2.39. The van der Waals surface area contributed by atoms with Crippen LogP contribution in [0.25, 0.3) is 0 Å². The third-order valence-electron chi connectivity index (χ3n) is 5.64. The molecule has 3 amide bonds. The van der Waals surface area contributed by atoms with Crippen molar-refractivity contribution in [3.8, 4) is 0 Å². The van der Waals surface area contributed by atoms with E-state index < -0.39 is 0 Å². The Labute approximate surface area is 195 Å². The summed E-state index contributed by atoms with van der Waals surface area (Å²) in [4.78, 5) is 46.2. The van der Waals surface area contributed by atoms with Crippen LogP contribution < -0.4 is 4.90 Å². The van der Waals surface area contributed by atoms with Crippen LogP contribution in [0.3, 0.4) is 0 Å². The van der Waals surface area contributed by atoms with Crippen molar-refractivity contribution < 1.29 is 14.4 Å². The SMILES string of the molecule is O=C(c1ccc(N2C(=O)c3ccccc3C2=O)cc1)N1CCCSC1=NCc1ccccc1. The molecule has 3 aromatic rings. The minimum Gasteiger partial charge on any atom is -0.287 e. The lowest BCUT2D eigenvalue weighted by atomic mass is 10.1. The summed E-state index contributed by atoms with van der Waals surface area (Å²) >= 11 is 1.59. The highest BCUT2D eigenvalue weighted by molar-refractivity contribution is 8.13. The molecule has 0 aromatic heterocycles. The van der Waals surface area contributed by atoms with Crippen LogP contribution in [0.1, 0.15) is 43.1 Å². The Morgan fingerprint density at radius 2 is 1.48 bits per heavy atom. The van der Waals surface area contributed by atoms with Gasteiger partial charge in [-0.25, -0.2) is 4.90 Å². The number of amidine groups is 1. The highest BCUT2D eigenvalue weighted by Crippen LogP contribution is 2.29. The first kappa shape index (κ1) is 21.2. The number of benzene rings is 3. The van der Waals surface area contributed by atoms with Crippen LogP contribution in [-0.2, 0) is 6.54 Å². The lowest BCUT2D eigenvalue weighted by Gasteiger charge is -2.28. The van der Waals surface area contributed by atoms with E-state index in [1.807, 2.05) is 30.3 Å². The van der Waals surface area contributed by atoms with Crippen molar-refractivity contribution in [3.63, 3.8) is 0 Å². The van der Waals surface area contributed by atoms with Gasteiger partial charge in [0.05, 0.1) is 23.4 Å². The molecule has 2 heterocycles. The molecular formula is C26H21N3O3S. The summed E-state index contributed by atoms with van der Waals surface area (Å²) < 4.78 is 0. The molecule has 164 valence electrons. The number of amides is 3. The molecule has 1 fully saturated rings. The van der Waals surface area contributed by atoms with Crippen LogP contribution in [0.5, 0.6) is 0 Å². The molecule has 5 rings (SSSR count). The predicted octanol–water partition coefficient (Wildman–Crippen LogP) is 4.62. The van der Waals surface area contributed by atoms with Gasteiger partial charge in [0.25, 0.3) is 17.7 Å². The number of carbonyl (C=O) groups excluding carboxylic acids is 3. The quantitative estimate of drug-likeness (QED) is 0.538. The monoisotopic (exact) mass is 455 g/mol. The molecule has 0 aliphatic carbocycles. The van der Waals surface area contributed by atoms with E-state index in [1.54, 1.807) is 65.2 Å². The number of thioether (sulfide) groups is 1. The zero-order chi connectivity index (χ0) is 22.8. The first-order valence-electron chi connectivity index (χ1n) is 10.7.